The van der Waals surface area contributed by atoms with Crippen molar-refractivity contribution in [2.75, 3.05) is 19.6 Å². The van der Waals surface area contributed by atoms with Crippen molar-refractivity contribution < 1.29 is 9.59 Å². The Bertz CT molecular complexity index is 822. The third-order valence-electron chi connectivity index (χ3n) is 5.46. The maximum Gasteiger partial charge on any atom is 0.287 e. The summed E-state index contributed by atoms with van der Waals surface area (Å²) in [5, 5.41) is 2.97. The molecule has 27 heavy (non-hydrogen) atoms. The minimum absolute atomic E-state index is 0.0125. The van der Waals surface area contributed by atoms with E-state index in [9.17, 15) is 9.59 Å². The molecule has 1 saturated heterocycles. The number of carbonyl (C=O) groups is 2. The van der Waals surface area contributed by atoms with E-state index in [-0.39, 0.29) is 11.8 Å². The first-order valence-corrected chi connectivity index (χ1v) is 9.95. The number of fused-ring (bicyclic) bond motifs is 1. The van der Waals surface area contributed by atoms with Crippen LogP contribution in [0.1, 0.15) is 58.0 Å². The summed E-state index contributed by atoms with van der Waals surface area (Å²) in [6.45, 7) is 2.91. The standard InChI is InChI=1S/C21H26N4O2/c26-20(22-12-11-16-8-2-1-3-9-16)19-23-18(17-10-4-5-15-25(17)19)21(27)24-13-6-7-14-24/h1-3,8-9H,4-7,10-15H2,(H,22,26). The third-order valence-corrected chi connectivity index (χ3v) is 5.46. The van der Waals surface area contributed by atoms with Crippen molar-refractivity contribution in [2.24, 2.45) is 0 Å². The molecule has 0 aliphatic carbocycles. The van der Waals surface area contributed by atoms with Gasteiger partial charge in [-0.2, -0.15) is 0 Å². The summed E-state index contributed by atoms with van der Waals surface area (Å²) in [5.41, 5.74) is 2.61. The van der Waals surface area contributed by atoms with E-state index in [2.05, 4.69) is 22.4 Å². The van der Waals surface area contributed by atoms with Gasteiger partial charge in [-0.05, 0) is 44.1 Å². The molecule has 0 atom stereocenters. The molecule has 2 amide bonds. The van der Waals surface area contributed by atoms with Gasteiger partial charge >= 0.3 is 0 Å². The van der Waals surface area contributed by atoms with E-state index in [1.165, 1.54) is 5.56 Å². The molecule has 1 N–H and O–H groups in total. The van der Waals surface area contributed by atoms with Crippen molar-refractivity contribution in [2.45, 2.75) is 45.1 Å². The molecule has 6 nitrogen and oxygen atoms in total. The predicted octanol–water partition coefficient (Wildman–Crippen LogP) is 2.43. The van der Waals surface area contributed by atoms with E-state index in [1.54, 1.807) is 0 Å². The van der Waals surface area contributed by atoms with Crippen LogP contribution < -0.4 is 5.32 Å². The molecule has 0 saturated carbocycles. The molecule has 0 spiro atoms. The van der Waals surface area contributed by atoms with Crippen molar-refractivity contribution in [3.63, 3.8) is 0 Å². The molecule has 0 bridgehead atoms. The van der Waals surface area contributed by atoms with Gasteiger partial charge in [0.05, 0.1) is 5.69 Å². The smallest absolute Gasteiger partial charge is 0.287 e. The van der Waals surface area contributed by atoms with E-state index >= 15 is 0 Å². The van der Waals surface area contributed by atoms with Crippen LogP contribution in [0.2, 0.25) is 0 Å². The number of hydrogen-bond donors (Lipinski definition) is 1. The van der Waals surface area contributed by atoms with Crippen molar-refractivity contribution in [3.05, 3.63) is 53.1 Å². The van der Waals surface area contributed by atoms with Gasteiger partial charge in [0.2, 0.25) is 0 Å². The second kappa shape index (κ2) is 7.94. The van der Waals surface area contributed by atoms with Crippen molar-refractivity contribution in [1.29, 1.82) is 0 Å². The normalized spacial score (nSPS) is 16.2. The zero-order valence-corrected chi connectivity index (χ0v) is 15.6. The van der Waals surface area contributed by atoms with E-state index in [4.69, 9.17) is 0 Å². The number of nitrogens with one attached hydrogen (secondary N) is 1. The van der Waals surface area contributed by atoms with Gasteiger partial charge in [-0.15, -0.1) is 0 Å². The highest BCUT2D eigenvalue weighted by Crippen LogP contribution is 2.23. The second-order valence-corrected chi connectivity index (χ2v) is 7.33. The lowest BCUT2D eigenvalue weighted by Gasteiger charge is -2.18. The van der Waals surface area contributed by atoms with Crippen LogP contribution in [0, 0.1) is 0 Å². The summed E-state index contributed by atoms with van der Waals surface area (Å²) < 4.78 is 1.96. The molecule has 6 heteroatoms. The average Bonchev–Trinajstić information content (AvgIpc) is 3.37. The first-order valence-electron chi connectivity index (χ1n) is 9.95. The van der Waals surface area contributed by atoms with Gasteiger partial charge in [0.1, 0.15) is 5.69 Å². The highest BCUT2D eigenvalue weighted by molar-refractivity contribution is 5.97. The molecule has 1 aromatic heterocycles. The minimum Gasteiger partial charge on any atom is -0.349 e. The molecular formula is C21H26N4O2. The predicted molar refractivity (Wildman–Crippen MR) is 103 cm³/mol. The molecule has 4 rings (SSSR count). The average molecular weight is 366 g/mol. The Morgan fingerprint density at radius 2 is 1.74 bits per heavy atom. The van der Waals surface area contributed by atoms with Crippen molar-refractivity contribution in [1.82, 2.24) is 19.8 Å². The number of carbonyl (C=O) groups excluding carboxylic acids is 2. The molecule has 0 radical (unpaired) electrons. The Morgan fingerprint density at radius 3 is 2.52 bits per heavy atom. The fourth-order valence-electron chi connectivity index (χ4n) is 4.00. The molecule has 2 aliphatic rings. The maximum absolute atomic E-state index is 12.9. The van der Waals surface area contributed by atoms with Crippen LogP contribution in [0.15, 0.2) is 30.3 Å². The van der Waals surface area contributed by atoms with Gasteiger partial charge in [-0.1, -0.05) is 30.3 Å². The number of rotatable bonds is 5. The molecule has 142 valence electrons. The monoisotopic (exact) mass is 366 g/mol. The Labute approximate surface area is 159 Å². The summed E-state index contributed by atoms with van der Waals surface area (Å²) in [4.78, 5) is 32.0. The van der Waals surface area contributed by atoms with Gasteiger partial charge in [0.25, 0.3) is 11.8 Å². The maximum atomic E-state index is 12.9. The lowest BCUT2D eigenvalue weighted by Crippen LogP contribution is -2.29. The van der Waals surface area contributed by atoms with Crippen LogP contribution in [0.4, 0.5) is 0 Å². The Balaban J connectivity index is 1.49. The second-order valence-electron chi connectivity index (χ2n) is 7.33. The highest BCUT2D eigenvalue weighted by Gasteiger charge is 2.30. The zero-order chi connectivity index (χ0) is 18.6. The summed E-state index contributed by atoms with van der Waals surface area (Å²) in [6, 6.07) is 10.1. The van der Waals surface area contributed by atoms with Gasteiger partial charge in [-0.3, -0.25) is 9.59 Å². The van der Waals surface area contributed by atoms with Crippen LogP contribution in [-0.2, 0) is 19.4 Å². The fourth-order valence-corrected chi connectivity index (χ4v) is 4.00. The van der Waals surface area contributed by atoms with Crippen molar-refractivity contribution in [3.8, 4) is 0 Å². The molecule has 2 aliphatic heterocycles. The van der Waals surface area contributed by atoms with E-state index < -0.39 is 0 Å². The summed E-state index contributed by atoms with van der Waals surface area (Å²) >= 11 is 0. The Kier molecular flexibility index (Phi) is 5.23. The van der Waals surface area contributed by atoms with Crippen LogP contribution in [0.3, 0.4) is 0 Å². The minimum atomic E-state index is -0.186. The number of amides is 2. The van der Waals surface area contributed by atoms with E-state index in [0.717, 1.165) is 63.9 Å². The van der Waals surface area contributed by atoms with Gasteiger partial charge in [-0.25, -0.2) is 4.98 Å². The van der Waals surface area contributed by atoms with E-state index in [1.807, 2.05) is 27.7 Å². The Morgan fingerprint density at radius 1 is 1.00 bits per heavy atom. The van der Waals surface area contributed by atoms with Gasteiger partial charge in [0, 0.05) is 26.2 Å². The van der Waals surface area contributed by atoms with Gasteiger partial charge < -0.3 is 14.8 Å². The van der Waals surface area contributed by atoms with Crippen LogP contribution in [-0.4, -0.2) is 45.9 Å². The summed E-state index contributed by atoms with van der Waals surface area (Å²) in [6.07, 6.45) is 5.76. The molecule has 1 aromatic carbocycles. The van der Waals surface area contributed by atoms with Gasteiger partial charge in [0.15, 0.2) is 5.82 Å². The SMILES string of the molecule is O=C(NCCc1ccccc1)c1nc(C(=O)N2CCCC2)c2n1CCCC2. The Hall–Kier alpha value is -2.63. The first-order chi connectivity index (χ1) is 13.2. The van der Waals surface area contributed by atoms with Crippen LogP contribution >= 0.6 is 0 Å². The quantitative estimate of drug-likeness (QED) is 0.884. The molecule has 3 heterocycles. The number of imidazole rings is 1. The summed E-state index contributed by atoms with van der Waals surface area (Å²) in [5.74, 6) is 0.191. The summed E-state index contributed by atoms with van der Waals surface area (Å²) in [7, 11) is 0. The lowest BCUT2D eigenvalue weighted by atomic mass is 10.1. The fraction of sp³-hybridized carbons (Fsp3) is 0.476. The molecular weight excluding hydrogens is 340 g/mol. The largest absolute Gasteiger partial charge is 0.349 e. The van der Waals surface area contributed by atoms with Crippen molar-refractivity contribution >= 4 is 11.8 Å². The number of hydrogen-bond acceptors (Lipinski definition) is 3. The number of nitrogens with zero attached hydrogens (tertiary/aromatic N) is 3. The highest BCUT2D eigenvalue weighted by atomic mass is 16.2. The zero-order valence-electron chi connectivity index (χ0n) is 15.6. The lowest BCUT2D eigenvalue weighted by molar-refractivity contribution is 0.0786. The van der Waals surface area contributed by atoms with Crippen LogP contribution in [0.5, 0.6) is 0 Å². The molecule has 0 unspecified atom stereocenters. The number of likely N-dealkylation sites (tertiary alicyclic amines) is 1. The molecule has 2 aromatic rings. The number of aromatic nitrogens is 2. The van der Waals surface area contributed by atoms with Crippen LogP contribution in [0.25, 0.3) is 0 Å². The van der Waals surface area contributed by atoms with E-state index in [0.29, 0.717) is 18.1 Å². The first kappa shape index (κ1) is 17.8. The topological polar surface area (TPSA) is 67.2 Å². The third kappa shape index (κ3) is 3.75. The molecule has 1 fully saturated rings. The number of benzene rings is 1.